The van der Waals surface area contributed by atoms with Gasteiger partial charge in [-0.15, -0.1) is 0 Å². The topological polar surface area (TPSA) is 70.5 Å². The molecule has 0 spiro atoms. The second-order valence-corrected chi connectivity index (χ2v) is 7.12. The Kier molecular flexibility index (Phi) is 6.47. The minimum absolute atomic E-state index is 0.371. The average molecular weight is 407 g/mol. The van der Waals surface area contributed by atoms with Gasteiger partial charge in [-0.05, 0) is 49.7 Å². The Labute approximate surface area is 166 Å². The van der Waals surface area contributed by atoms with Gasteiger partial charge in [0.05, 0.1) is 6.61 Å². The fourth-order valence-corrected chi connectivity index (χ4v) is 3.20. The molecule has 6 nitrogen and oxygen atoms in total. The molecule has 0 N–H and O–H groups in total. The zero-order valence-electron chi connectivity index (χ0n) is 15.0. The van der Waals surface area contributed by atoms with Gasteiger partial charge in [-0.3, -0.25) is 0 Å². The summed E-state index contributed by atoms with van der Waals surface area (Å²) in [7, 11) is 0. The minimum Gasteiger partial charge on any atom is -0.479 e. The van der Waals surface area contributed by atoms with Gasteiger partial charge >= 0.3 is 5.97 Å². The van der Waals surface area contributed by atoms with Crippen molar-refractivity contribution >= 4 is 39.3 Å². The molecule has 3 rings (SSSR count). The van der Waals surface area contributed by atoms with E-state index in [9.17, 15) is 4.79 Å². The van der Waals surface area contributed by atoms with Gasteiger partial charge in [0.2, 0.25) is 0 Å². The van der Waals surface area contributed by atoms with Crippen LogP contribution in [0.1, 0.15) is 26.7 Å². The Morgan fingerprint density at radius 1 is 1.15 bits per heavy atom. The van der Waals surface area contributed by atoms with E-state index in [1.165, 1.54) is 11.3 Å². The van der Waals surface area contributed by atoms with Crippen LogP contribution in [0.3, 0.4) is 0 Å². The predicted molar refractivity (Wildman–Crippen MR) is 105 cm³/mol. The van der Waals surface area contributed by atoms with Crippen molar-refractivity contribution in [3.05, 3.63) is 41.6 Å². The van der Waals surface area contributed by atoms with Gasteiger partial charge < -0.3 is 14.2 Å². The lowest BCUT2D eigenvalue weighted by Gasteiger charge is -2.14. The molecule has 2 heterocycles. The van der Waals surface area contributed by atoms with Gasteiger partial charge in [0.15, 0.2) is 6.10 Å². The number of rotatable bonds is 8. The van der Waals surface area contributed by atoms with Crippen molar-refractivity contribution < 1.29 is 19.0 Å². The fourth-order valence-electron chi connectivity index (χ4n) is 2.19. The SMILES string of the molecule is CCCCOC(=O)C(C)Oc1ccc(Oc2nc3ccc(Cl)nc3s2)cc1. The van der Waals surface area contributed by atoms with Crippen LogP contribution in [0.5, 0.6) is 16.7 Å². The van der Waals surface area contributed by atoms with Crippen molar-refractivity contribution in [2.45, 2.75) is 32.8 Å². The monoisotopic (exact) mass is 406 g/mol. The van der Waals surface area contributed by atoms with Crippen molar-refractivity contribution in [1.29, 1.82) is 0 Å². The van der Waals surface area contributed by atoms with E-state index in [1.54, 1.807) is 43.3 Å². The molecule has 0 aliphatic carbocycles. The number of unbranched alkanes of at least 4 members (excludes halogenated alkanes) is 1. The Morgan fingerprint density at radius 3 is 2.63 bits per heavy atom. The molecule has 142 valence electrons. The van der Waals surface area contributed by atoms with Crippen LogP contribution in [0.2, 0.25) is 5.15 Å². The third-order valence-corrected chi connectivity index (χ3v) is 4.67. The second-order valence-electron chi connectivity index (χ2n) is 5.79. The summed E-state index contributed by atoms with van der Waals surface area (Å²) >= 11 is 7.20. The Morgan fingerprint density at radius 2 is 1.89 bits per heavy atom. The van der Waals surface area contributed by atoms with E-state index in [0.29, 0.717) is 33.3 Å². The molecule has 0 aliphatic heterocycles. The largest absolute Gasteiger partial charge is 0.479 e. The Hall–Kier alpha value is -2.38. The lowest BCUT2D eigenvalue weighted by Crippen LogP contribution is -2.26. The predicted octanol–water partition coefficient (Wildman–Crippen LogP) is 5.25. The molecule has 0 saturated carbocycles. The highest BCUT2D eigenvalue weighted by molar-refractivity contribution is 7.19. The summed E-state index contributed by atoms with van der Waals surface area (Å²) in [6, 6.07) is 10.4. The van der Waals surface area contributed by atoms with Crippen LogP contribution in [0.25, 0.3) is 10.3 Å². The number of hydrogen-bond donors (Lipinski definition) is 0. The number of halogens is 1. The zero-order chi connectivity index (χ0) is 19.2. The first kappa shape index (κ1) is 19.4. The quantitative estimate of drug-likeness (QED) is 0.289. The minimum atomic E-state index is -0.672. The maximum atomic E-state index is 11.8. The standard InChI is InChI=1S/C19H19ClN2O4S/c1-3-4-11-24-18(23)12(2)25-13-5-7-14(8-6-13)26-19-21-15-9-10-16(20)22-17(15)27-19/h5-10,12H,3-4,11H2,1-2H3. The number of carbonyl (C=O) groups is 1. The first-order valence-corrected chi connectivity index (χ1v) is 9.79. The molecule has 2 aromatic heterocycles. The number of carbonyl (C=O) groups excluding carboxylic acids is 1. The molecular formula is C19H19ClN2O4S. The van der Waals surface area contributed by atoms with Crippen molar-refractivity contribution in [2.75, 3.05) is 6.61 Å². The lowest BCUT2D eigenvalue weighted by molar-refractivity contribution is -0.151. The fraction of sp³-hybridized carbons (Fsp3) is 0.316. The third kappa shape index (κ3) is 5.30. The molecule has 3 aromatic rings. The van der Waals surface area contributed by atoms with Crippen molar-refractivity contribution in [2.24, 2.45) is 0 Å². The van der Waals surface area contributed by atoms with E-state index in [0.717, 1.165) is 18.4 Å². The van der Waals surface area contributed by atoms with Crippen LogP contribution in [0.15, 0.2) is 36.4 Å². The molecule has 0 fully saturated rings. The van der Waals surface area contributed by atoms with Gasteiger partial charge in [0.1, 0.15) is 27.0 Å². The summed E-state index contributed by atoms with van der Waals surface area (Å²) in [6.07, 6.45) is 1.15. The van der Waals surface area contributed by atoms with E-state index in [-0.39, 0.29) is 5.97 Å². The van der Waals surface area contributed by atoms with Gasteiger partial charge in [0.25, 0.3) is 5.19 Å². The van der Waals surface area contributed by atoms with Gasteiger partial charge in [-0.1, -0.05) is 36.3 Å². The van der Waals surface area contributed by atoms with E-state index in [4.69, 9.17) is 25.8 Å². The molecule has 8 heteroatoms. The summed E-state index contributed by atoms with van der Waals surface area (Å²) in [5.41, 5.74) is 0.731. The van der Waals surface area contributed by atoms with E-state index >= 15 is 0 Å². The van der Waals surface area contributed by atoms with E-state index < -0.39 is 6.10 Å². The molecule has 0 aliphatic rings. The van der Waals surface area contributed by atoms with Crippen LogP contribution in [0.4, 0.5) is 0 Å². The molecule has 0 bridgehead atoms. The van der Waals surface area contributed by atoms with Crippen LogP contribution >= 0.6 is 22.9 Å². The second kappa shape index (κ2) is 9.01. The highest BCUT2D eigenvalue weighted by atomic mass is 35.5. The average Bonchev–Trinajstić information content (AvgIpc) is 3.04. The van der Waals surface area contributed by atoms with E-state index in [2.05, 4.69) is 9.97 Å². The van der Waals surface area contributed by atoms with Crippen molar-refractivity contribution in [3.63, 3.8) is 0 Å². The number of thiazole rings is 1. The molecule has 0 saturated heterocycles. The zero-order valence-corrected chi connectivity index (χ0v) is 16.5. The summed E-state index contributed by atoms with van der Waals surface area (Å²) in [5, 5.41) is 0.892. The van der Waals surface area contributed by atoms with E-state index in [1.807, 2.05) is 6.92 Å². The molecule has 1 atom stereocenters. The summed E-state index contributed by atoms with van der Waals surface area (Å²) in [6.45, 7) is 4.12. The Bertz CT molecular complexity index is 914. The summed E-state index contributed by atoms with van der Waals surface area (Å²) in [4.78, 5) is 21.1. The number of pyridine rings is 1. The molecule has 1 unspecified atom stereocenters. The maximum absolute atomic E-state index is 11.8. The van der Waals surface area contributed by atoms with Crippen LogP contribution in [0, 0.1) is 0 Å². The number of benzene rings is 1. The molecular weight excluding hydrogens is 388 g/mol. The van der Waals surface area contributed by atoms with Crippen molar-refractivity contribution in [3.8, 4) is 16.7 Å². The number of nitrogens with zero attached hydrogens (tertiary/aromatic N) is 2. The number of fused-ring (bicyclic) bond motifs is 1. The third-order valence-electron chi connectivity index (χ3n) is 3.62. The molecule has 0 radical (unpaired) electrons. The Balaban J connectivity index is 1.58. The van der Waals surface area contributed by atoms with Gasteiger partial charge in [-0.25, -0.2) is 14.8 Å². The van der Waals surface area contributed by atoms with Crippen LogP contribution in [-0.4, -0.2) is 28.6 Å². The summed E-state index contributed by atoms with van der Waals surface area (Å²) in [5.74, 6) is 0.787. The summed E-state index contributed by atoms with van der Waals surface area (Å²) < 4.78 is 16.5. The first-order chi connectivity index (χ1) is 13.0. The number of ether oxygens (including phenoxy) is 3. The number of esters is 1. The lowest BCUT2D eigenvalue weighted by atomic mass is 10.3. The van der Waals surface area contributed by atoms with Crippen LogP contribution in [-0.2, 0) is 9.53 Å². The normalized spacial score (nSPS) is 12.0. The van der Waals surface area contributed by atoms with Gasteiger partial charge in [0, 0.05) is 0 Å². The number of hydrogen-bond acceptors (Lipinski definition) is 7. The van der Waals surface area contributed by atoms with Crippen molar-refractivity contribution in [1.82, 2.24) is 9.97 Å². The molecule has 27 heavy (non-hydrogen) atoms. The molecule has 0 amide bonds. The smallest absolute Gasteiger partial charge is 0.347 e. The highest BCUT2D eigenvalue weighted by Gasteiger charge is 2.16. The van der Waals surface area contributed by atoms with Crippen LogP contribution < -0.4 is 9.47 Å². The molecule has 1 aromatic carbocycles. The number of aromatic nitrogens is 2. The first-order valence-electron chi connectivity index (χ1n) is 8.59. The highest BCUT2D eigenvalue weighted by Crippen LogP contribution is 2.31. The maximum Gasteiger partial charge on any atom is 0.347 e. The van der Waals surface area contributed by atoms with Gasteiger partial charge in [-0.2, -0.15) is 0 Å².